The van der Waals surface area contributed by atoms with Crippen molar-refractivity contribution in [2.24, 2.45) is 0 Å². The number of benzene rings is 1. The lowest BCUT2D eigenvalue weighted by Gasteiger charge is -2.04. The largest absolute Gasteiger partial charge is 0.461 e. The van der Waals surface area contributed by atoms with Crippen molar-refractivity contribution in [3.8, 4) is 5.69 Å². The number of carbonyl (C=O) groups is 1. The van der Waals surface area contributed by atoms with Crippen LogP contribution in [0.1, 0.15) is 18.2 Å². The molecular formula is C15H15FN2O2. The summed E-state index contributed by atoms with van der Waals surface area (Å²) in [5.41, 5.74) is 2.16. The Morgan fingerprint density at radius 3 is 2.75 bits per heavy atom. The molecule has 0 radical (unpaired) electrons. The van der Waals surface area contributed by atoms with Crippen molar-refractivity contribution in [1.29, 1.82) is 0 Å². The molecule has 0 unspecified atom stereocenters. The van der Waals surface area contributed by atoms with E-state index in [1.807, 2.05) is 37.3 Å². The number of hydrogen-bond donors (Lipinski definition) is 0. The Hall–Kier alpha value is -2.43. The molecule has 0 fully saturated rings. The molecule has 1 aromatic heterocycles. The minimum absolute atomic E-state index is 0.141. The van der Waals surface area contributed by atoms with Crippen molar-refractivity contribution in [1.82, 2.24) is 9.78 Å². The van der Waals surface area contributed by atoms with Gasteiger partial charge in [-0.3, -0.25) is 0 Å². The zero-order valence-electron chi connectivity index (χ0n) is 11.3. The van der Waals surface area contributed by atoms with E-state index in [4.69, 9.17) is 0 Å². The number of hydrogen-bond acceptors (Lipinski definition) is 3. The van der Waals surface area contributed by atoms with E-state index in [9.17, 15) is 9.18 Å². The fraction of sp³-hybridized carbons (Fsp3) is 0.200. The average molecular weight is 274 g/mol. The molecule has 0 saturated carbocycles. The third-order valence-corrected chi connectivity index (χ3v) is 2.80. The monoisotopic (exact) mass is 274 g/mol. The lowest BCUT2D eigenvalue weighted by atomic mass is 10.2. The molecule has 0 atom stereocenters. The van der Waals surface area contributed by atoms with E-state index < -0.39 is 11.8 Å². The van der Waals surface area contributed by atoms with Gasteiger partial charge in [0.05, 0.1) is 18.5 Å². The molecule has 1 heterocycles. The summed E-state index contributed by atoms with van der Waals surface area (Å²) in [7, 11) is 0. The minimum Gasteiger partial charge on any atom is -0.461 e. The third kappa shape index (κ3) is 2.93. The molecule has 1 aromatic carbocycles. The van der Waals surface area contributed by atoms with Gasteiger partial charge in [0, 0.05) is 11.3 Å². The highest BCUT2D eigenvalue weighted by Crippen LogP contribution is 2.17. The Balaban J connectivity index is 2.30. The molecule has 0 amide bonds. The van der Waals surface area contributed by atoms with Gasteiger partial charge in [-0.05, 0) is 32.1 Å². The molecule has 0 saturated heterocycles. The fourth-order valence-corrected chi connectivity index (χ4v) is 1.79. The second kappa shape index (κ2) is 6.14. The Labute approximate surface area is 116 Å². The van der Waals surface area contributed by atoms with Crippen LogP contribution in [0, 0.1) is 6.92 Å². The number of ether oxygens (including phenoxy) is 1. The van der Waals surface area contributed by atoms with E-state index in [0.29, 0.717) is 5.56 Å². The predicted molar refractivity (Wildman–Crippen MR) is 74.0 cm³/mol. The molecule has 5 heteroatoms. The summed E-state index contributed by atoms with van der Waals surface area (Å²) in [5, 5.41) is 4.20. The van der Waals surface area contributed by atoms with Crippen LogP contribution in [0.25, 0.3) is 11.8 Å². The smallest absolute Gasteiger partial charge is 0.367 e. The molecule has 0 bridgehead atoms. The Morgan fingerprint density at radius 2 is 2.10 bits per heavy atom. The van der Waals surface area contributed by atoms with Gasteiger partial charge in [0.2, 0.25) is 5.83 Å². The lowest BCUT2D eigenvalue weighted by molar-refractivity contribution is -0.140. The summed E-state index contributed by atoms with van der Waals surface area (Å²) in [6.07, 6.45) is 2.65. The number of esters is 1. The zero-order chi connectivity index (χ0) is 14.5. The van der Waals surface area contributed by atoms with Crippen LogP contribution in [0.5, 0.6) is 0 Å². The van der Waals surface area contributed by atoms with Crippen LogP contribution in [-0.4, -0.2) is 22.4 Å². The van der Waals surface area contributed by atoms with Gasteiger partial charge < -0.3 is 4.74 Å². The van der Waals surface area contributed by atoms with Crippen LogP contribution in [0.15, 0.2) is 42.4 Å². The van der Waals surface area contributed by atoms with Gasteiger partial charge in [-0.1, -0.05) is 18.2 Å². The summed E-state index contributed by atoms with van der Waals surface area (Å²) >= 11 is 0. The first kappa shape index (κ1) is 14.0. The van der Waals surface area contributed by atoms with Gasteiger partial charge in [-0.25, -0.2) is 9.48 Å². The minimum atomic E-state index is -0.959. The topological polar surface area (TPSA) is 44.1 Å². The van der Waals surface area contributed by atoms with Crippen LogP contribution in [0.3, 0.4) is 0 Å². The normalized spacial score (nSPS) is 11.4. The van der Waals surface area contributed by atoms with Crippen LogP contribution < -0.4 is 0 Å². The van der Waals surface area contributed by atoms with Gasteiger partial charge in [0.25, 0.3) is 0 Å². The fourth-order valence-electron chi connectivity index (χ4n) is 1.79. The average Bonchev–Trinajstić information content (AvgIpc) is 2.81. The summed E-state index contributed by atoms with van der Waals surface area (Å²) in [4.78, 5) is 11.2. The maximum atomic E-state index is 13.6. The molecule has 0 aliphatic carbocycles. The quantitative estimate of drug-likeness (QED) is 0.635. The Morgan fingerprint density at radius 1 is 1.40 bits per heavy atom. The van der Waals surface area contributed by atoms with Crippen LogP contribution in [-0.2, 0) is 9.53 Å². The van der Waals surface area contributed by atoms with Crippen molar-refractivity contribution in [3.05, 3.63) is 53.6 Å². The molecule has 0 aliphatic heterocycles. The maximum Gasteiger partial charge on any atom is 0.367 e. The predicted octanol–water partition coefficient (Wildman–Crippen LogP) is 3.05. The number of aromatic nitrogens is 2. The van der Waals surface area contributed by atoms with E-state index >= 15 is 0 Å². The molecule has 2 aromatic rings. The second-order valence-corrected chi connectivity index (χ2v) is 4.15. The van der Waals surface area contributed by atoms with E-state index in [1.54, 1.807) is 11.6 Å². The number of nitrogens with zero attached hydrogens (tertiary/aromatic N) is 2. The van der Waals surface area contributed by atoms with E-state index in [0.717, 1.165) is 17.5 Å². The van der Waals surface area contributed by atoms with Crippen molar-refractivity contribution in [3.63, 3.8) is 0 Å². The number of rotatable bonds is 4. The van der Waals surface area contributed by atoms with E-state index in [1.165, 1.54) is 6.20 Å². The Kier molecular flexibility index (Phi) is 4.30. The maximum absolute atomic E-state index is 13.6. The van der Waals surface area contributed by atoms with Crippen LogP contribution in [0.2, 0.25) is 0 Å². The van der Waals surface area contributed by atoms with Crippen molar-refractivity contribution < 1.29 is 13.9 Å². The second-order valence-electron chi connectivity index (χ2n) is 4.15. The first-order valence-electron chi connectivity index (χ1n) is 6.28. The van der Waals surface area contributed by atoms with Crippen molar-refractivity contribution in [2.75, 3.05) is 6.61 Å². The molecule has 4 nitrogen and oxygen atoms in total. The first-order valence-corrected chi connectivity index (χ1v) is 6.28. The van der Waals surface area contributed by atoms with Crippen molar-refractivity contribution in [2.45, 2.75) is 13.8 Å². The van der Waals surface area contributed by atoms with Gasteiger partial charge in [0.1, 0.15) is 0 Å². The Bertz CT molecular complexity index is 633. The first-order chi connectivity index (χ1) is 9.63. The molecule has 0 N–H and O–H groups in total. The van der Waals surface area contributed by atoms with E-state index in [-0.39, 0.29) is 6.61 Å². The van der Waals surface area contributed by atoms with E-state index in [2.05, 4.69) is 9.84 Å². The molecular weight excluding hydrogens is 259 g/mol. The van der Waals surface area contributed by atoms with Gasteiger partial charge in [0.15, 0.2) is 0 Å². The number of halogens is 1. The standard InChI is InChI=1S/C15H15FN2O2/c1-3-20-15(19)14(16)9-12-10-17-18(11(12)2)13-7-5-4-6-8-13/h4-10H,3H2,1-2H3/b14-9-. The third-order valence-electron chi connectivity index (χ3n) is 2.80. The molecule has 2 rings (SSSR count). The number of carbonyl (C=O) groups excluding carboxylic acids is 1. The van der Waals surface area contributed by atoms with Gasteiger partial charge in [-0.15, -0.1) is 0 Å². The highest BCUT2D eigenvalue weighted by Gasteiger charge is 2.12. The zero-order valence-corrected chi connectivity index (χ0v) is 11.3. The highest BCUT2D eigenvalue weighted by atomic mass is 19.1. The summed E-state index contributed by atoms with van der Waals surface area (Å²) in [6, 6.07) is 9.49. The van der Waals surface area contributed by atoms with Crippen molar-refractivity contribution >= 4 is 12.0 Å². The SMILES string of the molecule is CCOC(=O)/C(F)=C/c1cnn(-c2ccccc2)c1C. The van der Waals surface area contributed by atoms with Gasteiger partial charge >= 0.3 is 5.97 Å². The lowest BCUT2D eigenvalue weighted by Crippen LogP contribution is -2.04. The molecule has 20 heavy (non-hydrogen) atoms. The molecule has 0 spiro atoms. The summed E-state index contributed by atoms with van der Waals surface area (Å²) in [5.74, 6) is -1.89. The summed E-state index contributed by atoms with van der Waals surface area (Å²) < 4.78 is 19.9. The van der Waals surface area contributed by atoms with Gasteiger partial charge in [-0.2, -0.15) is 9.49 Å². The molecule has 104 valence electrons. The number of para-hydroxylation sites is 1. The molecule has 0 aliphatic rings. The van der Waals surface area contributed by atoms with Crippen LogP contribution >= 0.6 is 0 Å². The van der Waals surface area contributed by atoms with Crippen LogP contribution in [0.4, 0.5) is 4.39 Å². The summed E-state index contributed by atoms with van der Waals surface area (Å²) in [6.45, 7) is 3.58. The highest BCUT2D eigenvalue weighted by molar-refractivity contribution is 5.91.